The Bertz CT molecular complexity index is 898. The first kappa shape index (κ1) is 18.6. The molecule has 1 aromatic carbocycles. The molecule has 140 valence electrons. The third kappa shape index (κ3) is 4.91. The Morgan fingerprint density at radius 1 is 1.22 bits per heavy atom. The van der Waals surface area contributed by atoms with Crippen molar-refractivity contribution in [3.63, 3.8) is 0 Å². The van der Waals surface area contributed by atoms with Gasteiger partial charge in [-0.3, -0.25) is 0 Å². The average Bonchev–Trinajstić information content (AvgIpc) is 3.17. The lowest BCUT2D eigenvalue weighted by molar-refractivity contribution is 0.340. The van der Waals surface area contributed by atoms with Crippen molar-refractivity contribution in [2.45, 2.75) is 13.5 Å². The number of hydrogen-bond acceptors (Lipinski definition) is 7. The molecule has 3 aromatic rings. The van der Waals surface area contributed by atoms with E-state index in [0.717, 1.165) is 11.3 Å². The molecular weight excluding hydrogens is 366 g/mol. The van der Waals surface area contributed by atoms with E-state index in [1.54, 1.807) is 25.4 Å². The lowest BCUT2D eigenvalue weighted by Gasteiger charge is -2.10. The fourth-order valence-electron chi connectivity index (χ4n) is 2.27. The Hall–Kier alpha value is -3.20. The number of aromatic nitrogens is 3. The zero-order valence-electron chi connectivity index (χ0n) is 14.9. The summed E-state index contributed by atoms with van der Waals surface area (Å²) in [5.74, 6) is 2.83. The Balaban J connectivity index is 1.57. The topological polar surface area (TPSA) is 94.3 Å². The molecule has 0 fully saturated rings. The Morgan fingerprint density at radius 3 is 2.78 bits per heavy atom. The number of methoxy groups -OCH3 is 1. The van der Waals surface area contributed by atoms with Crippen molar-refractivity contribution in [1.82, 2.24) is 20.4 Å². The molecule has 27 heavy (non-hydrogen) atoms. The normalized spacial score (nSPS) is 10.3. The maximum Gasteiger partial charge on any atom is 0.246 e. The molecule has 0 radical (unpaired) electrons. The monoisotopic (exact) mass is 385 g/mol. The van der Waals surface area contributed by atoms with Crippen LogP contribution in [0.15, 0.2) is 47.1 Å². The Kier molecular flexibility index (Phi) is 6.16. The summed E-state index contributed by atoms with van der Waals surface area (Å²) >= 11 is 5.26. The van der Waals surface area contributed by atoms with Gasteiger partial charge in [-0.05, 0) is 55.5 Å². The van der Waals surface area contributed by atoms with E-state index >= 15 is 0 Å². The van der Waals surface area contributed by atoms with Gasteiger partial charge in [-0.15, -0.1) is 0 Å². The van der Waals surface area contributed by atoms with Crippen LogP contribution in [0.5, 0.6) is 11.5 Å². The molecule has 0 atom stereocenters. The first-order valence-corrected chi connectivity index (χ1v) is 8.70. The minimum absolute atomic E-state index is 0.283. The predicted molar refractivity (Wildman–Crippen MR) is 105 cm³/mol. The molecule has 3 rings (SSSR count). The number of ether oxygens (including phenoxy) is 2. The standard InChI is InChI=1S/C18H19N5O3S/c1-3-25-13-8-6-12(7-9-13)16-21-15(26-23-16)11-20-18(27)22-17-14(24-2)5-4-10-19-17/h4-10H,3,11H2,1-2H3,(H2,19,20,22,27). The molecule has 0 unspecified atom stereocenters. The SMILES string of the molecule is CCOc1ccc(-c2noc(CNC(=S)Nc3ncccc3OC)n2)cc1. The van der Waals surface area contributed by atoms with Crippen LogP contribution in [0.25, 0.3) is 11.4 Å². The van der Waals surface area contributed by atoms with Gasteiger partial charge in [-0.2, -0.15) is 4.98 Å². The molecule has 0 aliphatic heterocycles. The smallest absolute Gasteiger partial charge is 0.246 e. The highest BCUT2D eigenvalue weighted by molar-refractivity contribution is 7.80. The fourth-order valence-corrected chi connectivity index (χ4v) is 2.44. The quantitative estimate of drug-likeness (QED) is 0.595. The summed E-state index contributed by atoms with van der Waals surface area (Å²) in [6.45, 7) is 2.84. The van der Waals surface area contributed by atoms with Gasteiger partial charge >= 0.3 is 0 Å². The van der Waals surface area contributed by atoms with E-state index in [4.69, 9.17) is 26.2 Å². The highest BCUT2D eigenvalue weighted by Gasteiger charge is 2.10. The van der Waals surface area contributed by atoms with Gasteiger partial charge in [0, 0.05) is 11.8 Å². The van der Waals surface area contributed by atoms with E-state index in [2.05, 4.69) is 25.8 Å². The van der Waals surface area contributed by atoms with E-state index < -0.39 is 0 Å². The molecule has 0 spiro atoms. The van der Waals surface area contributed by atoms with Gasteiger partial charge < -0.3 is 24.6 Å². The second-order valence-electron chi connectivity index (χ2n) is 5.33. The van der Waals surface area contributed by atoms with Crippen molar-refractivity contribution in [3.05, 3.63) is 48.5 Å². The first-order valence-electron chi connectivity index (χ1n) is 8.29. The van der Waals surface area contributed by atoms with E-state index in [1.165, 1.54) is 0 Å². The van der Waals surface area contributed by atoms with Crippen LogP contribution < -0.4 is 20.1 Å². The largest absolute Gasteiger partial charge is 0.494 e. The number of hydrogen-bond donors (Lipinski definition) is 2. The lowest BCUT2D eigenvalue weighted by atomic mass is 10.2. The Labute approximate surface area is 161 Å². The van der Waals surface area contributed by atoms with Crippen molar-refractivity contribution in [2.24, 2.45) is 0 Å². The van der Waals surface area contributed by atoms with Crippen LogP contribution in [-0.2, 0) is 6.54 Å². The first-order chi connectivity index (χ1) is 13.2. The zero-order valence-corrected chi connectivity index (χ0v) is 15.7. The number of anilines is 1. The van der Waals surface area contributed by atoms with Crippen molar-refractivity contribution in [3.8, 4) is 22.9 Å². The third-order valence-electron chi connectivity index (χ3n) is 3.51. The minimum Gasteiger partial charge on any atom is -0.494 e. The number of nitrogens with one attached hydrogen (secondary N) is 2. The molecule has 0 amide bonds. The van der Waals surface area contributed by atoms with Crippen molar-refractivity contribution in [2.75, 3.05) is 19.0 Å². The molecular formula is C18H19N5O3S. The summed E-state index contributed by atoms with van der Waals surface area (Å²) in [5, 5.41) is 10.3. The van der Waals surface area contributed by atoms with Gasteiger partial charge in [0.1, 0.15) is 5.75 Å². The number of benzene rings is 1. The molecule has 0 saturated heterocycles. The molecule has 0 aliphatic rings. The fraction of sp³-hybridized carbons (Fsp3) is 0.222. The van der Waals surface area contributed by atoms with Gasteiger partial charge in [0.25, 0.3) is 0 Å². The summed E-state index contributed by atoms with van der Waals surface area (Å²) < 4.78 is 15.9. The minimum atomic E-state index is 0.283. The predicted octanol–water partition coefficient (Wildman–Crippen LogP) is 3.03. The van der Waals surface area contributed by atoms with Crippen LogP contribution in [0.1, 0.15) is 12.8 Å². The third-order valence-corrected chi connectivity index (χ3v) is 3.76. The van der Waals surface area contributed by atoms with Crippen LogP contribution in [0.2, 0.25) is 0 Å². The van der Waals surface area contributed by atoms with Gasteiger partial charge in [0.15, 0.2) is 16.7 Å². The number of thiocarbonyl (C=S) groups is 1. The van der Waals surface area contributed by atoms with Crippen molar-refractivity contribution < 1.29 is 14.0 Å². The number of rotatable bonds is 7. The molecule has 8 nitrogen and oxygen atoms in total. The molecule has 0 saturated carbocycles. The highest BCUT2D eigenvalue weighted by atomic mass is 32.1. The maximum absolute atomic E-state index is 5.42. The summed E-state index contributed by atoms with van der Waals surface area (Å²) in [7, 11) is 1.57. The van der Waals surface area contributed by atoms with Crippen molar-refractivity contribution >= 4 is 23.1 Å². The number of nitrogens with zero attached hydrogens (tertiary/aromatic N) is 3. The van der Waals surface area contributed by atoms with Gasteiger partial charge in [0.05, 0.1) is 20.3 Å². The molecule has 0 aliphatic carbocycles. The lowest BCUT2D eigenvalue weighted by Crippen LogP contribution is -2.28. The van der Waals surface area contributed by atoms with Crippen LogP contribution >= 0.6 is 12.2 Å². The van der Waals surface area contributed by atoms with Gasteiger partial charge in [-0.1, -0.05) is 5.16 Å². The van der Waals surface area contributed by atoms with Crippen LogP contribution in [0.4, 0.5) is 5.82 Å². The zero-order chi connectivity index (χ0) is 19.1. The summed E-state index contributed by atoms with van der Waals surface area (Å²) in [6.07, 6.45) is 1.65. The number of pyridine rings is 1. The molecule has 2 N–H and O–H groups in total. The summed E-state index contributed by atoms with van der Waals surface area (Å²) in [4.78, 5) is 8.54. The Morgan fingerprint density at radius 2 is 2.04 bits per heavy atom. The molecule has 9 heteroatoms. The molecule has 0 bridgehead atoms. The van der Waals surface area contributed by atoms with Gasteiger partial charge in [0.2, 0.25) is 11.7 Å². The summed E-state index contributed by atoms with van der Waals surface area (Å²) in [5.41, 5.74) is 0.840. The van der Waals surface area contributed by atoms with Crippen LogP contribution in [0.3, 0.4) is 0 Å². The van der Waals surface area contributed by atoms with Crippen LogP contribution in [-0.4, -0.2) is 34.0 Å². The van der Waals surface area contributed by atoms with Crippen LogP contribution in [0, 0.1) is 0 Å². The molecule has 2 heterocycles. The average molecular weight is 385 g/mol. The maximum atomic E-state index is 5.42. The highest BCUT2D eigenvalue weighted by Crippen LogP contribution is 2.21. The second-order valence-corrected chi connectivity index (χ2v) is 5.74. The van der Waals surface area contributed by atoms with E-state index in [1.807, 2.05) is 31.2 Å². The second kappa shape index (κ2) is 8.95. The van der Waals surface area contributed by atoms with E-state index in [-0.39, 0.29) is 6.54 Å². The van der Waals surface area contributed by atoms with Gasteiger partial charge in [-0.25, -0.2) is 4.98 Å². The molecule has 2 aromatic heterocycles. The van der Waals surface area contributed by atoms with E-state index in [0.29, 0.717) is 35.0 Å². The van der Waals surface area contributed by atoms with Crippen molar-refractivity contribution in [1.29, 1.82) is 0 Å². The van der Waals surface area contributed by atoms with E-state index in [9.17, 15) is 0 Å². The summed E-state index contributed by atoms with van der Waals surface area (Å²) in [6, 6.07) is 11.1.